The lowest BCUT2D eigenvalue weighted by atomic mass is 10.0. The quantitative estimate of drug-likeness (QED) is 0.328. The van der Waals surface area contributed by atoms with Gasteiger partial charge in [0, 0.05) is 17.1 Å². The van der Waals surface area contributed by atoms with E-state index in [1.165, 1.54) is 50.1 Å². The van der Waals surface area contributed by atoms with E-state index in [2.05, 4.69) is 110 Å². The summed E-state index contributed by atoms with van der Waals surface area (Å²) in [4.78, 5) is 2.34. The number of benzene rings is 4. The molecule has 0 N–H and O–H groups in total. The molecule has 1 aliphatic carbocycles. The summed E-state index contributed by atoms with van der Waals surface area (Å²) in [7, 11) is 0. The van der Waals surface area contributed by atoms with Crippen molar-refractivity contribution in [1.29, 1.82) is 0 Å². The fourth-order valence-corrected chi connectivity index (χ4v) is 3.89. The molecular formula is C26H21N. The zero-order valence-electron chi connectivity index (χ0n) is 15.6. The van der Waals surface area contributed by atoms with Crippen LogP contribution in [0.5, 0.6) is 0 Å². The van der Waals surface area contributed by atoms with Crippen LogP contribution in [0.1, 0.15) is 22.3 Å². The van der Waals surface area contributed by atoms with Gasteiger partial charge in [-0.1, -0.05) is 65.7 Å². The smallest absolute Gasteiger partial charge is 0.0473 e. The van der Waals surface area contributed by atoms with Crippen molar-refractivity contribution in [1.82, 2.24) is 0 Å². The first-order valence-electron chi connectivity index (χ1n) is 9.37. The van der Waals surface area contributed by atoms with Crippen LogP contribution in [0.15, 0.2) is 78.9 Å². The molecular weight excluding hydrogens is 326 g/mol. The van der Waals surface area contributed by atoms with Crippen LogP contribution in [0.2, 0.25) is 0 Å². The van der Waals surface area contributed by atoms with Crippen LogP contribution in [0.3, 0.4) is 0 Å². The van der Waals surface area contributed by atoms with E-state index >= 15 is 0 Å². The highest BCUT2D eigenvalue weighted by Crippen LogP contribution is 2.40. The third-order valence-electron chi connectivity index (χ3n) is 5.31. The summed E-state index contributed by atoms with van der Waals surface area (Å²) in [6.45, 7) is 4.26. The summed E-state index contributed by atoms with van der Waals surface area (Å²) in [5.74, 6) is 0. The molecule has 0 spiro atoms. The lowest BCUT2D eigenvalue weighted by molar-refractivity contribution is 1.27. The van der Waals surface area contributed by atoms with Crippen molar-refractivity contribution in [3.8, 4) is 0 Å². The Labute approximate surface area is 160 Å². The van der Waals surface area contributed by atoms with Crippen molar-refractivity contribution in [3.63, 3.8) is 0 Å². The number of anilines is 3. The molecule has 4 aromatic rings. The topological polar surface area (TPSA) is 3.24 Å². The monoisotopic (exact) mass is 347 g/mol. The van der Waals surface area contributed by atoms with Gasteiger partial charge in [-0.3, -0.25) is 0 Å². The van der Waals surface area contributed by atoms with Crippen LogP contribution in [0.25, 0.3) is 22.9 Å². The summed E-state index contributed by atoms with van der Waals surface area (Å²) in [5, 5.41) is 2.64. The van der Waals surface area contributed by atoms with Crippen molar-refractivity contribution >= 4 is 40.0 Å². The summed E-state index contributed by atoms with van der Waals surface area (Å²) >= 11 is 0. The van der Waals surface area contributed by atoms with Gasteiger partial charge in [-0.25, -0.2) is 0 Å². The Hall–Kier alpha value is -3.32. The number of hydrogen-bond donors (Lipinski definition) is 0. The largest absolute Gasteiger partial charge is 0.310 e. The average molecular weight is 347 g/mol. The van der Waals surface area contributed by atoms with Crippen LogP contribution in [-0.2, 0) is 0 Å². The first-order valence-corrected chi connectivity index (χ1v) is 9.37. The van der Waals surface area contributed by atoms with Crippen LogP contribution in [0, 0.1) is 13.8 Å². The maximum absolute atomic E-state index is 2.34. The molecule has 0 saturated carbocycles. The van der Waals surface area contributed by atoms with E-state index in [0.717, 1.165) is 0 Å². The molecule has 0 aliphatic heterocycles. The molecule has 0 atom stereocenters. The van der Waals surface area contributed by atoms with Gasteiger partial charge in [0.15, 0.2) is 0 Å². The van der Waals surface area contributed by atoms with Crippen molar-refractivity contribution in [3.05, 3.63) is 101 Å². The van der Waals surface area contributed by atoms with Gasteiger partial charge in [-0.2, -0.15) is 0 Å². The molecule has 130 valence electrons. The minimum Gasteiger partial charge on any atom is -0.310 e. The van der Waals surface area contributed by atoms with Gasteiger partial charge in [0.25, 0.3) is 0 Å². The normalized spacial score (nSPS) is 11.9. The maximum atomic E-state index is 2.34. The van der Waals surface area contributed by atoms with Gasteiger partial charge in [0.05, 0.1) is 0 Å². The van der Waals surface area contributed by atoms with Gasteiger partial charge >= 0.3 is 0 Å². The third-order valence-corrected chi connectivity index (χ3v) is 5.31. The molecule has 0 heterocycles. The lowest BCUT2D eigenvalue weighted by Crippen LogP contribution is -2.10. The van der Waals surface area contributed by atoms with Crippen LogP contribution in [-0.4, -0.2) is 0 Å². The van der Waals surface area contributed by atoms with Gasteiger partial charge in [-0.05, 0) is 72.1 Å². The highest BCUT2D eigenvalue weighted by molar-refractivity contribution is 6.06. The number of nitrogens with zero attached hydrogens (tertiary/aromatic N) is 1. The first kappa shape index (κ1) is 15.9. The average Bonchev–Trinajstić information content (AvgIpc) is 3.10. The van der Waals surface area contributed by atoms with Crippen LogP contribution in [0.4, 0.5) is 17.1 Å². The van der Waals surface area contributed by atoms with Crippen LogP contribution >= 0.6 is 0 Å². The molecule has 0 fully saturated rings. The Kier molecular flexibility index (Phi) is 3.61. The second-order valence-electron chi connectivity index (χ2n) is 7.32. The van der Waals surface area contributed by atoms with E-state index in [1.807, 2.05) is 0 Å². The van der Waals surface area contributed by atoms with Crippen molar-refractivity contribution < 1.29 is 0 Å². The molecule has 27 heavy (non-hydrogen) atoms. The first-order chi connectivity index (χ1) is 13.2. The highest BCUT2D eigenvalue weighted by atomic mass is 15.1. The molecule has 0 saturated heterocycles. The van der Waals surface area contributed by atoms with Crippen molar-refractivity contribution in [2.24, 2.45) is 0 Å². The lowest BCUT2D eigenvalue weighted by Gasteiger charge is -2.26. The predicted octanol–water partition coefficient (Wildman–Crippen LogP) is 7.41. The zero-order chi connectivity index (χ0) is 18.4. The molecule has 0 unspecified atom stereocenters. The van der Waals surface area contributed by atoms with E-state index in [1.54, 1.807) is 0 Å². The zero-order valence-corrected chi connectivity index (χ0v) is 15.6. The fourth-order valence-electron chi connectivity index (χ4n) is 3.89. The van der Waals surface area contributed by atoms with Gasteiger partial charge in [-0.15, -0.1) is 0 Å². The Bertz CT molecular complexity index is 1120. The van der Waals surface area contributed by atoms with Crippen molar-refractivity contribution in [2.75, 3.05) is 4.90 Å². The number of rotatable bonds is 3. The van der Waals surface area contributed by atoms with Crippen LogP contribution < -0.4 is 4.90 Å². The highest BCUT2D eigenvalue weighted by Gasteiger charge is 2.16. The summed E-state index contributed by atoms with van der Waals surface area (Å²) in [5.41, 5.74) is 8.69. The summed E-state index contributed by atoms with van der Waals surface area (Å²) < 4.78 is 0. The second-order valence-corrected chi connectivity index (χ2v) is 7.32. The van der Waals surface area contributed by atoms with E-state index in [0.29, 0.717) is 0 Å². The van der Waals surface area contributed by atoms with E-state index in [9.17, 15) is 0 Å². The molecule has 0 bridgehead atoms. The number of hydrogen-bond acceptors (Lipinski definition) is 1. The molecule has 1 aliphatic rings. The molecule has 5 rings (SSSR count). The SMILES string of the molecule is Cc1ccc(N(c2ccc(C)cc2)c2cc3c4c(cccc4c2)C=C3)cc1. The standard InChI is InChI=1S/C26H21N/c1-18-6-12-23(13-7-18)27(24-14-8-19(2)9-15-24)25-16-21-5-3-4-20-10-11-22(17-25)26(20)21/h3-17H,1-2H3. The Morgan fingerprint density at radius 3 is 1.78 bits per heavy atom. The Balaban J connectivity index is 1.74. The summed E-state index contributed by atoms with van der Waals surface area (Å²) in [6, 6.07) is 28.6. The number of aryl methyl sites for hydroxylation is 2. The Morgan fingerprint density at radius 1 is 0.556 bits per heavy atom. The minimum absolute atomic E-state index is 1.18. The molecule has 4 aromatic carbocycles. The van der Waals surface area contributed by atoms with Gasteiger partial charge in [0.1, 0.15) is 0 Å². The molecule has 0 amide bonds. The summed E-state index contributed by atoms with van der Waals surface area (Å²) in [6.07, 6.45) is 4.44. The maximum Gasteiger partial charge on any atom is 0.0473 e. The molecule has 1 nitrogen and oxygen atoms in total. The van der Waals surface area contributed by atoms with Gasteiger partial charge in [0.2, 0.25) is 0 Å². The minimum atomic E-state index is 1.18. The van der Waals surface area contributed by atoms with E-state index < -0.39 is 0 Å². The molecule has 0 aromatic heterocycles. The van der Waals surface area contributed by atoms with E-state index in [4.69, 9.17) is 0 Å². The predicted molar refractivity (Wildman–Crippen MR) is 117 cm³/mol. The van der Waals surface area contributed by atoms with Crippen molar-refractivity contribution in [2.45, 2.75) is 13.8 Å². The molecule has 0 radical (unpaired) electrons. The Morgan fingerprint density at radius 2 is 1.15 bits per heavy atom. The van der Waals surface area contributed by atoms with Gasteiger partial charge < -0.3 is 4.90 Å². The second kappa shape index (κ2) is 6.14. The fraction of sp³-hybridized carbons (Fsp3) is 0.0769. The molecule has 1 heteroatoms. The third kappa shape index (κ3) is 2.72. The van der Waals surface area contributed by atoms with E-state index in [-0.39, 0.29) is 0 Å².